The summed E-state index contributed by atoms with van der Waals surface area (Å²) in [4.78, 5) is 9.58. The zero-order chi connectivity index (χ0) is 7.97. The molecule has 2 aliphatic rings. The van der Waals surface area contributed by atoms with Crippen LogP contribution >= 0.6 is 11.3 Å². The molecule has 12 heavy (non-hydrogen) atoms. The lowest BCUT2D eigenvalue weighted by Crippen LogP contribution is -2.03. The highest BCUT2D eigenvalue weighted by Gasteiger charge is 2.24. The summed E-state index contributed by atoms with van der Waals surface area (Å²) in [5, 5.41) is 7.74. The molecule has 0 saturated heterocycles. The molecule has 0 saturated carbocycles. The van der Waals surface area contributed by atoms with E-state index >= 15 is 0 Å². The third-order valence-electron chi connectivity index (χ3n) is 1.83. The van der Waals surface area contributed by atoms with Gasteiger partial charge in [-0.25, -0.2) is 9.98 Å². The number of fused-ring (bicyclic) bond motifs is 3. The number of nitrogens with zero attached hydrogens (tertiary/aromatic N) is 4. The van der Waals surface area contributed by atoms with Crippen LogP contribution in [0.3, 0.4) is 0 Å². The molecule has 0 aromatic carbocycles. The highest BCUT2D eigenvalue weighted by molar-refractivity contribution is 7.12. The highest BCUT2D eigenvalue weighted by atomic mass is 32.1. The third kappa shape index (κ3) is 0.660. The first-order valence-electron chi connectivity index (χ1n) is 3.54. The van der Waals surface area contributed by atoms with Crippen molar-refractivity contribution in [1.29, 1.82) is 0 Å². The van der Waals surface area contributed by atoms with Gasteiger partial charge >= 0.3 is 0 Å². The molecule has 58 valence electrons. The van der Waals surface area contributed by atoms with Crippen molar-refractivity contribution in [2.24, 2.45) is 15.2 Å². The van der Waals surface area contributed by atoms with Gasteiger partial charge < -0.3 is 0 Å². The zero-order valence-corrected chi connectivity index (χ0v) is 6.88. The van der Waals surface area contributed by atoms with E-state index in [1.54, 1.807) is 23.0 Å². The van der Waals surface area contributed by atoms with Crippen LogP contribution in [0.25, 0.3) is 5.57 Å². The molecule has 0 atom stereocenters. The van der Waals surface area contributed by atoms with Gasteiger partial charge in [0.15, 0.2) is 5.82 Å². The molecule has 1 aromatic rings. The van der Waals surface area contributed by atoms with Crippen molar-refractivity contribution in [3.63, 3.8) is 0 Å². The summed E-state index contributed by atoms with van der Waals surface area (Å²) in [6.07, 6.45) is 1.76. The fraction of sp³-hybridized carbons (Fsp3) is 0.143. The first-order valence-corrected chi connectivity index (χ1v) is 4.42. The summed E-state index contributed by atoms with van der Waals surface area (Å²) in [6.45, 7) is 0.592. The summed E-state index contributed by atoms with van der Waals surface area (Å²) >= 11 is 1.60. The standard InChI is InChI=1S/C7H4N4S/c1-4-5(2-10-9-1)11-7-6(4)12-3-8-7/h1,3H,2H2. The van der Waals surface area contributed by atoms with E-state index in [1.807, 2.05) is 0 Å². The minimum atomic E-state index is 0.592. The maximum atomic E-state index is 4.33. The van der Waals surface area contributed by atoms with E-state index in [0.29, 0.717) is 6.54 Å². The number of aliphatic imine (C=N–C) groups is 1. The molecule has 1 aromatic heterocycles. The van der Waals surface area contributed by atoms with Gasteiger partial charge in [0.05, 0.1) is 22.3 Å². The molecule has 5 heteroatoms. The van der Waals surface area contributed by atoms with Gasteiger partial charge in [-0.1, -0.05) is 0 Å². The Morgan fingerprint density at radius 1 is 1.42 bits per heavy atom. The molecular formula is C7H4N4S. The molecule has 0 aliphatic carbocycles. The molecule has 3 heterocycles. The van der Waals surface area contributed by atoms with E-state index in [-0.39, 0.29) is 0 Å². The van der Waals surface area contributed by atoms with Crippen LogP contribution in [0.1, 0.15) is 4.88 Å². The predicted octanol–water partition coefficient (Wildman–Crippen LogP) is 2.04. The minimum Gasteiger partial charge on any atom is -0.230 e. The second kappa shape index (κ2) is 2.07. The number of azo groups is 1. The van der Waals surface area contributed by atoms with Crippen molar-refractivity contribution in [3.05, 3.63) is 16.6 Å². The van der Waals surface area contributed by atoms with Crippen LogP contribution in [-0.2, 0) is 0 Å². The topological polar surface area (TPSA) is 50.0 Å². The second-order valence-corrected chi connectivity index (χ2v) is 3.38. The predicted molar refractivity (Wildman–Crippen MR) is 46.9 cm³/mol. The van der Waals surface area contributed by atoms with Crippen molar-refractivity contribution in [3.8, 4) is 0 Å². The maximum Gasteiger partial charge on any atom is 0.171 e. The summed E-state index contributed by atoms with van der Waals surface area (Å²) < 4.78 is 0. The van der Waals surface area contributed by atoms with Crippen LogP contribution < -0.4 is 0 Å². The molecular weight excluding hydrogens is 172 g/mol. The molecule has 0 radical (unpaired) electrons. The normalized spacial score (nSPS) is 18.3. The van der Waals surface area contributed by atoms with E-state index in [4.69, 9.17) is 0 Å². The van der Waals surface area contributed by atoms with Gasteiger partial charge in [-0.05, 0) is 0 Å². The van der Waals surface area contributed by atoms with Gasteiger partial charge in [-0.3, -0.25) is 0 Å². The second-order valence-electron chi connectivity index (χ2n) is 2.52. The number of rotatable bonds is 0. The largest absolute Gasteiger partial charge is 0.230 e. The average molecular weight is 176 g/mol. The van der Waals surface area contributed by atoms with Crippen LogP contribution in [0.2, 0.25) is 0 Å². The zero-order valence-electron chi connectivity index (χ0n) is 6.06. The molecule has 0 amide bonds. The minimum absolute atomic E-state index is 0.592. The van der Waals surface area contributed by atoms with Gasteiger partial charge in [-0.15, -0.1) is 11.3 Å². The summed E-state index contributed by atoms with van der Waals surface area (Å²) in [7, 11) is 0. The summed E-state index contributed by atoms with van der Waals surface area (Å²) in [5.41, 5.74) is 3.90. The molecule has 0 fully saturated rings. The van der Waals surface area contributed by atoms with E-state index in [0.717, 1.165) is 22.0 Å². The lowest BCUT2D eigenvalue weighted by atomic mass is 10.1. The molecule has 0 unspecified atom stereocenters. The van der Waals surface area contributed by atoms with E-state index in [9.17, 15) is 0 Å². The first kappa shape index (κ1) is 6.19. The van der Waals surface area contributed by atoms with Crippen molar-refractivity contribution in [1.82, 2.24) is 4.98 Å². The van der Waals surface area contributed by atoms with Gasteiger partial charge in [-0.2, -0.15) is 10.2 Å². The Morgan fingerprint density at radius 3 is 3.42 bits per heavy atom. The summed E-state index contributed by atoms with van der Waals surface area (Å²) in [6, 6.07) is 0. The molecule has 4 nitrogen and oxygen atoms in total. The van der Waals surface area contributed by atoms with Crippen LogP contribution in [0.15, 0.2) is 26.9 Å². The quantitative estimate of drug-likeness (QED) is 0.596. The lowest BCUT2D eigenvalue weighted by Gasteiger charge is -2.00. The molecule has 0 N–H and O–H groups in total. The third-order valence-corrected chi connectivity index (χ3v) is 2.68. The Kier molecular flexibility index (Phi) is 1.07. The Bertz CT molecular complexity index is 426. The number of thiazole rings is 1. The molecule has 0 spiro atoms. The monoisotopic (exact) mass is 176 g/mol. The Morgan fingerprint density at radius 2 is 2.42 bits per heavy atom. The van der Waals surface area contributed by atoms with Crippen LogP contribution in [0.5, 0.6) is 0 Å². The average Bonchev–Trinajstić information content (AvgIpc) is 2.62. The fourth-order valence-corrected chi connectivity index (χ4v) is 2.04. The van der Waals surface area contributed by atoms with Crippen molar-refractivity contribution >= 4 is 28.4 Å². The maximum absolute atomic E-state index is 4.33. The number of hydrogen-bond donors (Lipinski definition) is 0. The Balaban J connectivity index is 2.28. The van der Waals surface area contributed by atoms with Gasteiger partial charge in [0.2, 0.25) is 0 Å². The lowest BCUT2D eigenvalue weighted by molar-refractivity contribution is 1.08. The van der Waals surface area contributed by atoms with Gasteiger partial charge in [0.25, 0.3) is 0 Å². The van der Waals surface area contributed by atoms with Crippen LogP contribution in [-0.4, -0.2) is 17.2 Å². The SMILES string of the molecule is C1=C2C(=Nc3ncsc32)CN=N1. The summed E-state index contributed by atoms with van der Waals surface area (Å²) in [5.74, 6) is 0.827. The van der Waals surface area contributed by atoms with Crippen molar-refractivity contribution in [2.75, 3.05) is 6.54 Å². The highest BCUT2D eigenvalue weighted by Crippen LogP contribution is 2.37. The van der Waals surface area contributed by atoms with Gasteiger partial charge in [0, 0.05) is 5.57 Å². The van der Waals surface area contributed by atoms with Gasteiger partial charge in [0.1, 0.15) is 6.54 Å². The fourth-order valence-electron chi connectivity index (χ4n) is 1.28. The first-order chi connectivity index (χ1) is 5.95. The molecule has 2 aliphatic heterocycles. The van der Waals surface area contributed by atoms with E-state index in [1.165, 1.54) is 0 Å². The number of hydrogen-bond acceptors (Lipinski definition) is 5. The van der Waals surface area contributed by atoms with Crippen LogP contribution in [0, 0.1) is 0 Å². The van der Waals surface area contributed by atoms with E-state index in [2.05, 4.69) is 20.2 Å². The van der Waals surface area contributed by atoms with Crippen LogP contribution in [0.4, 0.5) is 5.82 Å². The molecule has 0 bridgehead atoms. The van der Waals surface area contributed by atoms with Crippen molar-refractivity contribution in [2.45, 2.75) is 0 Å². The molecule has 3 rings (SSSR count). The smallest absolute Gasteiger partial charge is 0.171 e. The number of aromatic nitrogens is 1. The van der Waals surface area contributed by atoms with Crippen molar-refractivity contribution < 1.29 is 0 Å². The Labute approximate surface area is 72.4 Å². The Hall–Kier alpha value is -1.36. The van der Waals surface area contributed by atoms with E-state index < -0.39 is 0 Å².